The zero-order valence-corrected chi connectivity index (χ0v) is 10.3. The molecule has 0 spiro atoms. The van der Waals surface area contributed by atoms with E-state index >= 15 is 0 Å². The fourth-order valence-corrected chi connectivity index (χ4v) is 1.69. The first-order valence-corrected chi connectivity index (χ1v) is 5.60. The lowest BCUT2D eigenvalue weighted by atomic mass is 10.1. The number of hydrogen-bond donors (Lipinski definition) is 1. The normalized spacial score (nSPS) is 10.1. The first-order valence-electron chi connectivity index (χ1n) is 4.80. The predicted octanol–water partition coefficient (Wildman–Crippen LogP) is 3.04. The first kappa shape index (κ1) is 12.2. The molecule has 0 saturated heterocycles. The summed E-state index contributed by atoms with van der Waals surface area (Å²) < 4.78 is 13.9. The highest BCUT2D eigenvalue weighted by molar-refractivity contribution is 9.10. The van der Waals surface area contributed by atoms with Crippen molar-refractivity contribution in [1.82, 2.24) is 5.32 Å². The van der Waals surface area contributed by atoms with Crippen molar-refractivity contribution in [3.63, 3.8) is 0 Å². The summed E-state index contributed by atoms with van der Waals surface area (Å²) in [6, 6.07) is 2.94. The van der Waals surface area contributed by atoms with Gasteiger partial charge in [-0.15, -0.1) is 0 Å². The molecular formula is C11H13BrFNO. The molecule has 4 heteroatoms. The van der Waals surface area contributed by atoms with Crippen molar-refractivity contribution in [2.24, 2.45) is 0 Å². The highest BCUT2D eigenvalue weighted by Gasteiger charge is 2.16. The van der Waals surface area contributed by atoms with Gasteiger partial charge in [0.25, 0.3) is 5.91 Å². The summed E-state index contributed by atoms with van der Waals surface area (Å²) in [5.74, 6) is -0.869. The van der Waals surface area contributed by atoms with Gasteiger partial charge in [0, 0.05) is 11.0 Å². The first-order chi connectivity index (χ1) is 7.07. The second kappa shape index (κ2) is 5.26. The molecule has 1 N–H and O–H groups in total. The van der Waals surface area contributed by atoms with Crippen molar-refractivity contribution in [3.8, 4) is 0 Å². The molecule has 0 unspecified atom stereocenters. The Bertz CT molecular complexity index is 379. The van der Waals surface area contributed by atoms with Gasteiger partial charge in [-0.2, -0.15) is 0 Å². The Morgan fingerprint density at radius 2 is 2.20 bits per heavy atom. The number of hydrogen-bond acceptors (Lipinski definition) is 1. The number of benzene rings is 1. The van der Waals surface area contributed by atoms with E-state index in [0.717, 1.165) is 12.0 Å². The zero-order chi connectivity index (χ0) is 11.4. The van der Waals surface area contributed by atoms with Crippen LogP contribution in [0.2, 0.25) is 0 Å². The third kappa shape index (κ3) is 2.78. The monoisotopic (exact) mass is 273 g/mol. The van der Waals surface area contributed by atoms with Gasteiger partial charge in [-0.1, -0.05) is 13.0 Å². The van der Waals surface area contributed by atoms with Crippen LogP contribution < -0.4 is 5.32 Å². The fourth-order valence-electron chi connectivity index (χ4n) is 1.19. The lowest BCUT2D eigenvalue weighted by Gasteiger charge is -2.08. The topological polar surface area (TPSA) is 29.1 Å². The van der Waals surface area contributed by atoms with Crippen LogP contribution in [-0.2, 0) is 0 Å². The number of aryl methyl sites for hydroxylation is 1. The number of amides is 1. The summed E-state index contributed by atoms with van der Waals surface area (Å²) in [6.45, 7) is 4.32. The van der Waals surface area contributed by atoms with Gasteiger partial charge in [0.05, 0.1) is 5.56 Å². The minimum absolute atomic E-state index is 0.0865. The lowest BCUT2D eigenvalue weighted by Crippen LogP contribution is -2.25. The van der Waals surface area contributed by atoms with Crippen LogP contribution in [0, 0.1) is 12.7 Å². The molecule has 0 aliphatic heterocycles. The van der Waals surface area contributed by atoms with Gasteiger partial charge in [0.1, 0.15) is 5.82 Å². The van der Waals surface area contributed by atoms with Crippen molar-refractivity contribution in [2.75, 3.05) is 6.54 Å². The second-order valence-electron chi connectivity index (χ2n) is 3.31. The van der Waals surface area contributed by atoms with Crippen LogP contribution in [0.4, 0.5) is 4.39 Å². The Morgan fingerprint density at radius 3 is 2.80 bits per heavy atom. The Labute approximate surface area is 97.0 Å². The largest absolute Gasteiger partial charge is 0.352 e. The van der Waals surface area contributed by atoms with E-state index in [-0.39, 0.29) is 11.5 Å². The van der Waals surface area contributed by atoms with Gasteiger partial charge < -0.3 is 5.32 Å². The van der Waals surface area contributed by atoms with E-state index in [0.29, 0.717) is 11.0 Å². The van der Waals surface area contributed by atoms with Crippen molar-refractivity contribution in [2.45, 2.75) is 20.3 Å². The van der Waals surface area contributed by atoms with Crippen LogP contribution in [0.1, 0.15) is 29.3 Å². The van der Waals surface area contributed by atoms with Gasteiger partial charge >= 0.3 is 0 Å². The molecule has 15 heavy (non-hydrogen) atoms. The Hall–Kier alpha value is -0.900. The molecule has 1 rings (SSSR count). The number of carbonyl (C=O) groups is 1. The molecule has 1 amide bonds. The maximum absolute atomic E-state index is 13.4. The maximum atomic E-state index is 13.4. The second-order valence-corrected chi connectivity index (χ2v) is 4.10. The highest BCUT2D eigenvalue weighted by Crippen LogP contribution is 2.23. The molecule has 82 valence electrons. The van der Waals surface area contributed by atoms with Gasteiger partial charge in [-0.3, -0.25) is 4.79 Å². The molecule has 2 nitrogen and oxygen atoms in total. The van der Waals surface area contributed by atoms with E-state index < -0.39 is 5.82 Å². The molecule has 0 aliphatic carbocycles. The van der Waals surface area contributed by atoms with Gasteiger partial charge in [-0.05, 0) is 40.9 Å². The minimum Gasteiger partial charge on any atom is -0.352 e. The molecule has 1 aromatic rings. The Morgan fingerprint density at radius 1 is 1.53 bits per heavy atom. The van der Waals surface area contributed by atoms with Crippen LogP contribution in [0.5, 0.6) is 0 Å². The van der Waals surface area contributed by atoms with E-state index in [9.17, 15) is 9.18 Å². The van der Waals surface area contributed by atoms with Crippen molar-refractivity contribution in [1.29, 1.82) is 0 Å². The molecule has 0 radical (unpaired) electrons. The van der Waals surface area contributed by atoms with Crippen LogP contribution in [0.25, 0.3) is 0 Å². The predicted molar refractivity (Wildman–Crippen MR) is 61.5 cm³/mol. The van der Waals surface area contributed by atoms with Gasteiger partial charge in [-0.25, -0.2) is 4.39 Å². The summed E-state index contributed by atoms with van der Waals surface area (Å²) in [6.07, 6.45) is 0.830. The molecule has 0 aliphatic rings. The molecule has 0 heterocycles. The quantitative estimate of drug-likeness (QED) is 0.901. The van der Waals surface area contributed by atoms with Crippen LogP contribution in [0.3, 0.4) is 0 Å². The zero-order valence-electron chi connectivity index (χ0n) is 8.73. The summed E-state index contributed by atoms with van der Waals surface area (Å²) >= 11 is 3.22. The average Bonchev–Trinajstić information content (AvgIpc) is 2.21. The summed E-state index contributed by atoms with van der Waals surface area (Å²) in [7, 11) is 0. The molecule has 0 atom stereocenters. The van der Waals surface area contributed by atoms with Crippen LogP contribution in [-0.4, -0.2) is 12.5 Å². The standard InChI is InChI=1S/C11H13BrFNO/c1-3-6-14-11(15)9-8(13)5-4-7(2)10(9)12/h4-5H,3,6H2,1-2H3,(H,14,15). The number of nitrogens with one attached hydrogen (secondary N) is 1. The molecule has 0 fully saturated rings. The van der Waals surface area contributed by atoms with Gasteiger partial charge in [0.2, 0.25) is 0 Å². The number of halogens is 2. The Kier molecular flexibility index (Phi) is 4.27. The van der Waals surface area contributed by atoms with E-state index in [1.165, 1.54) is 6.07 Å². The lowest BCUT2D eigenvalue weighted by molar-refractivity contribution is 0.0948. The summed E-state index contributed by atoms with van der Waals surface area (Å²) in [5.41, 5.74) is 0.932. The number of rotatable bonds is 3. The van der Waals surface area contributed by atoms with E-state index in [1.807, 2.05) is 13.8 Å². The molecule has 0 saturated carbocycles. The third-order valence-corrected chi connectivity index (χ3v) is 3.07. The third-order valence-electron chi connectivity index (χ3n) is 2.05. The average molecular weight is 274 g/mol. The molecule has 0 aromatic heterocycles. The van der Waals surface area contributed by atoms with E-state index in [1.54, 1.807) is 6.07 Å². The summed E-state index contributed by atoms with van der Waals surface area (Å²) in [4.78, 5) is 11.6. The smallest absolute Gasteiger partial charge is 0.255 e. The molecule has 0 bridgehead atoms. The van der Waals surface area contributed by atoms with Crippen molar-refractivity contribution in [3.05, 3.63) is 33.5 Å². The van der Waals surface area contributed by atoms with E-state index in [4.69, 9.17) is 0 Å². The maximum Gasteiger partial charge on any atom is 0.255 e. The van der Waals surface area contributed by atoms with Crippen molar-refractivity contribution < 1.29 is 9.18 Å². The van der Waals surface area contributed by atoms with Crippen LogP contribution in [0.15, 0.2) is 16.6 Å². The number of carbonyl (C=O) groups excluding carboxylic acids is 1. The van der Waals surface area contributed by atoms with Gasteiger partial charge in [0.15, 0.2) is 0 Å². The molecule has 1 aromatic carbocycles. The summed E-state index contributed by atoms with van der Waals surface area (Å²) in [5, 5.41) is 2.65. The Balaban J connectivity index is 3.02. The van der Waals surface area contributed by atoms with Crippen LogP contribution >= 0.6 is 15.9 Å². The SMILES string of the molecule is CCCNC(=O)c1c(F)ccc(C)c1Br. The van der Waals surface area contributed by atoms with Crippen molar-refractivity contribution >= 4 is 21.8 Å². The fraction of sp³-hybridized carbons (Fsp3) is 0.364. The highest BCUT2D eigenvalue weighted by atomic mass is 79.9. The molecular weight excluding hydrogens is 261 g/mol. The van der Waals surface area contributed by atoms with E-state index in [2.05, 4.69) is 21.2 Å². The minimum atomic E-state index is -0.499.